The molecule has 3 aromatic carbocycles. The Morgan fingerprint density at radius 3 is 2.52 bits per heavy atom. The molecule has 0 radical (unpaired) electrons. The van der Waals surface area contributed by atoms with Gasteiger partial charge in [0.05, 0.1) is 23.4 Å². The van der Waals surface area contributed by atoms with Gasteiger partial charge in [0.1, 0.15) is 10.7 Å². The first kappa shape index (κ1) is 24.4. The molecular weight excluding hydrogens is 467 g/mol. The van der Waals surface area contributed by atoms with Crippen molar-refractivity contribution in [2.75, 3.05) is 17.4 Å². The summed E-state index contributed by atoms with van der Waals surface area (Å²) in [6.07, 6.45) is 0.310. The van der Waals surface area contributed by atoms with Crippen LogP contribution in [0.1, 0.15) is 22.0 Å². The molecular formula is C24H22ClFN2O4S. The minimum Gasteiger partial charge on any atom is -0.387 e. The molecule has 0 saturated heterocycles. The van der Waals surface area contributed by atoms with E-state index in [1.54, 1.807) is 30.3 Å². The molecule has 0 aliphatic heterocycles. The number of aliphatic hydroxyl groups excluding tert-OH is 1. The van der Waals surface area contributed by atoms with E-state index in [9.17, 15) is 22.7 Å². The first-order valence-corrected chi connectivity index (χ1v) is 11.8. The summed E-state index contributed by atoms with van der Waals surface area (Å²) in [5, 5.41) is 12.7. The maximum absolute atomic E-state index is 13.4. The smallest absolute Gasteiger partial charge is 0.266 e. The average Bonchev–Trinajstić information content (AvgIpc) is 2.81. The van der Waals surface area contributed by atoms with Crippen LogP contribution in [0.3, 0.4) is 0 Å². The molecule has 6 nitrogen and oxygen atoms in total. The van der Waals surface area contributed by atoms with E-state index in [1.165, 1.54) is 48.5 Å². The van der Waals surface area contributed by atoms with Crippen molar-refractivity contribution >= 4 is 33.2 Å². The van der Waals surface area contributed by atoms with Crippen molar-refractivity contribution in [3.8, 4) is 0 Å². The first-order valence-electron chi connectivity index (χ1n) is 9.94. The van der Waals surface area contributed by atoms with Gasteiger partial charge in [-0.05, 0) is 48.0 Å². The highest BCUT2D eigenvalue weighted by molar-refractivity contribution is 7.93. The molecule has 2 N–H and O–H groups in total. The molecule has 3 rings (SSSR count). The van der Waals surface area contributed by atoms with E-state index >= 15 is 0 Å². The summed E-state index contributed by atoms with van der Waals surface area (Å²) in [5.41, 5.74) is 0.759. The topological polar surface area (TPSA) is 86.7 Å². The molecule has 0 heterocycles. The minimum absolute atomic E-state index is 0.00106. The molecule has 172 valence electrons. The van der Waals surface area contributed by atoms with Crippen LogP contribution in [0.15, 0.2) is 90.3 Å². The monoisotopic (exact) mass is 488 g/mol. The molecule has 0 aromatic heterocycles. The lowest BCUT2D eigenvalue weighted by molar-refractivity contribution is 0.0916. The second-order valence-electron chi connectivity index (χ2n) is 7.09. The lowest BCUT2D eigenvalue weighted by atomic mass is 10.1. The summed E-state index contributed by atoms with van der Waals surface area (Å²) in [7, 11) is -4.12. The highest BCUT2D eigenvalue weighted by Gasteiger charge is 2.27. The molecule has 0 fully saturated rings. The number of aliphatic hydroxyl groups is 1. The Labute approximate surface area is 197 Å². The van der Waals surface area contributed by atoms with E-state index in [1.807, 2.05) is 0 Å². The van der Waals surface area contributed by atoms with Crippen molar-refractivity contribution in [3.63, 3.8) is 0 Å². The fraction of sp³-hybridized carbons (Fsp3) is 0.125. The van der Waals surface area contributed by atoms with Crippen LogP contribution >= 0.6 is 11.6 Å². The van der Waals surface area contributed by atoms with Gasteiger partial charge in [-0.25, -0.2) is 12.8 Å². The van der Waals surface area contributed by atoms with Gasteiger partial charge in [-0.3, -0.25) is 9.10 Å². The number of anilines is 1. The molecule has 0 bridgehead atoms. The molecule has 9 heteroatoms. The normalized spacial score (nSPS) is 12.1. The number of sulfonamides is 1. The molecule has 3 aromatic rings. The van der Waals surface area contributed by atoms with Crippen molar-refractivity contribution in [3.05, 3.63) is 107 Å². The Kier molecular flexibility index (Phi) is 7.86. The number of carbonyl (C=O) groups excluding carboxylic acids is 1. The van der Waals surface area contributed by atoms with Crippen molar-refractivity contribution in [1.29, 1.82) is 0 Å². The zero-order chi connectivity index (χ0) is 24.0. The van der Waals surface area contributed by atoms with Gasteiger partial charge in [0.15, 0.2) is 0 Å². The van der Waals surface area contributed by atoms with Crippen LogP contribution in [0.4, 0.5) is 10.1 Å². The second kappa shape index (κ2) is 10.6. The van der Waals surface area contributed by atoms with Crippen molar-refractivity contribution < 1.29 is 22.7 Å². The Bertz CT molecular complexity index is 1250. The van der Waals surface area contributed by atoms with Crippen molar-refractivity contribution in [1.82, 2.24) is 5.32 Å². The standard InChI is InChI=1S/C24H22ClFN2O4S/c1-2-13-28(20-9-4-3-5-10-20)33(31,32)23-15-18(11-12-21(23)25)24(30)27-16-22(29)17-7-6-8-19(26)14-17/h2-12,14-15,22,29H,1,13,16H2,(H,27,30). The summed E-state index contributed by atoms with van der Waals surface area (Å²) in [6, 6.07) is 17.7. The Morgan fingerprint density at radius 2 is 1.85 bits per heavy atom. The molecule has 1 unspecified atom stereocenters. The number of amides is 1. The van der Waals surface area contributed by atoms with E-state index in [0.29, 0.717) is 11.3 Å². The average molecular weight is 489 g/mol. The van der Waals surface area contributed by atoms with E-state index < -0.39 is 27.9 Å². The lowest BCUT2D eigenvalue weighted by Gasteiger charge is -2.24. The number of nitrogens with zero attached hydrogens (tertiary/aromatic N) is 1. The van der Waals surface area contributed by atoms with Crippen LogP contribution in [0.5, 0.6) is 0 Å². The molecule has 1 amide bonds. The summed E-state index contributed by atoms with van der Waals surface area (Å²) < 4.78 is 41.3. The van der Waals surface area contributed by atoms with E-state index in [-0.39, 0.29) is 28.6 Å². The van der Waals surface area contributed by atoms with Crippen molar-refractivity contribution in [2.24, 2.45) is 0 Å². The predicted molar refractivity (Wildman–Crippen MR) is 126 cm³/mol. The molecule has 0 aliphatic carbocycles. The van der Waals surface area contributed by atoms with E-state index in [0.717, 1.165) is 4.31 Å². The molecule has 1 atom stereocenters. The third kappa shape index (κ3) is 5.78. The molecule has 0 spiro atoms. The van der Waals surface area contributed by atoms with Gasteiger partial charge in [0.2, 0.25) is 0 Å². The number of nitrogens with one attached hydrogen (secondary N) is 1. The number of halogens is 2. The molecule has 0 saturated carbocycles. The number of hydrogen-bond acceptors (Lipinski definition) is 4. The Hall–Kier alpha value is -3.20. The highest BCUT2D eigenvalue weighted by atomic mass is 35.5. The van der Waals surface area contributed by atoms with E-state index in [4.69, 9.17) is 11.6 Å². The van der Waals surface area contributed by atoms with E-state index in [2.05, 4.69) is 11.9 Å². The van der Waals surface area contributed by atoms with Crippen LogP contribution < -0.4 is 9.62 Å². The predicted octanol–water partition coefficient (Wildman–Crippen LogP) is 4.32. The lowest BCUT2D eigenvalue weighted by Crippen LogP contribution is -2.32. The van der Waals surface area contributed by atoms with Crippen molar-refractivity contribution in [2.45, 2.75) is 11.0 Å². The van der Waals surface area contributed by atoms with Crippen LogP contribution in [0.25, 0.3) is 0 Å². The maximum Gasteiger partial charge on any atom is 0.266 e. The van der Waals surface area contributed by atoms with Gasteiger partial charge in [-0.1, -0.05) is 48.0 Å². The molecule has 33 heavy (non-hydrogen) atoms. The van der Waals surface area contributed by atoms with Gasteiger partial charge < -0.3 is 10.4 Å². The Morgan fingerprint density at radius 1 is 1.12 bits per heavy atom. The quantitative estimate of drug-likeness (QED) is 0.439. The third-order valence-corrected chi connectivity index (χ3v) is 7.07. The highest BCUT2D eigenvalue weighted by Crippen LogP contribution is 2.29. The summed E-state index contributed by atoms with van der Waals surface area (Å²) in [4.78, 5) is 12.4. The SMILES string of the molecule is C=CCN(c1ccccc1)S(=O)(=O)c1cc(C(=O)NCC(O)c2cccc(F)c2)ccc1Cl. The first-order chi connectivity index (χ1) is 15.7. The van der Waals surface area contributed by atoms with Crippen LogP contribution in [-0.4, -0.2) is 32.5 Å². The second-order valence-corrected chi connectivity index (χ2v) is 9.32. The number of carbonyl (C=O) groups is 1. The van der Waals surface area contributed by atoms with Gasteiger partial charge in [-0.15, -0.1) is 6.58 Å². The third-order valence-electron chi connectivity index (χ3n) is 4.79. The number of benzene rings is 3. The zero-order valence-corrected chi connectivity index (χ0v) is 19.1. The van der Waals surface area contributed by atoms with Gasteiger partial charge in [-0.2, -0.15) is 0 Å². The number of para-hydroxylation sites is 1. The molecule has 0 aliphatic rings. The minimum atomic E-state index is -4.12. The van der Waals surface area contributed by atoms with Crippen LogP contribution in [0, 0.1) is 5.82 Å². The number of hydrogen-bond donors (Lipinski definition) is 2. The van der Waals surface area contributed by atoms with Gasteiger partial charge >= 0.3 is 0 Å². The Balaban J connectivity index is 1.84. The summed E-state index contributed by atoms with van der Waals surface area (Å²) in [6.45, 7) is 3.43. The fourth-order valence-electron chi connectivity index (χ4n) is 3.14. The van der Waals surface area contributed by atoms with Crippen LogP contribution in [0.2, 0.25) is 5.02 Å². The number of rotatable bonds is 9. The summed E-state index contributed by atoms with van der Waals surface area (Å²) >= 11 is 6.20. The maximum atomic E-state index is 13.4. The van der Waals surface area contributed by atoms with Gasteiger partial charge in [0.25, 0.3) is 15.9 Å². The van der Waals surface area contributed by atoms with Crippen LogP contribution in [-0.2, 0) is 10.0 Å². The fourth-order valence-corrected chi connectivity index (χ4v) is 5.08. The summed E-state index contributed by atoms with van der Waals surface area (Å²) in [5.74, 6) is -1.12. The zero-order valence-electron chi connectivity index (χ0n) is 17.5. The van der Waals surface area contributed by atoms with Gasteiger partial charge in [0, 0.05) is 12.1 Å². The largest absolute Gasteiger partial charge is 0.387 e.